The van der Waals surface area contributed by atoms with Crippen LogP contribution in [0.3, 0.4) is 0 Å². The molecule has 0 saturated carbocycles. The van der Waals surface area contributed by atoms with Crippen LogP contribution in [0.5, 0.6) is 5.75 Å². The molecule has 2 heterocycles. The number of amides is 1. The maximum absolute atomic E-state index is 13.1. The minimum Gasteiger partial charge on any atom is -0.405 e. The van der Waals surface area contributed by atoms with Crippen molar-refractivity contribution in [2.75, 3.05) is 39.3 Å². The predicted molar refractivity (Wildman–Crippen MR) is 95.7 cm³/mol. The Bertz CT molecular complexity index is 627. The van der Waals surface area contributed by atoms with Crippen LogP contribution >= 0.6 is 0 Å². The average molecular weight is 385 g/mol. The van der Waals surface area contributed by atoms with Crippen molar-refractivity contribution >= 4 is 5.91 Å². The number of halogens is 3. The Balaban J connectivity index is 1.76. The fraction of sp³-hybridized carbons (Fsp3) is 0.632. The van der Waals surface area contributed by atoms with Crippen LogP contribution < -0.4 is 10.1 Å². The number of carbonyl (C=O) groups excluding carboxylic acids is 1. The molecule has 1 atom stereocenters. The van der Waals surface area contributed by atoms with Gasteiger partial charge in [-0.1, -0.05) is 18.6 Å². The lowest BCUT2D eigenvalue weighted by Crippen LogP contribution is -2.46. The van der Waals surface area contributed by atoms with Crippen LogP contribution in [-0.2, 0) is 0 Å². The first-order chi connectivity index (χ1) is 12.9. The van der Waals surface area contributed by atoms with Crippen molar-refractivity contribution in [1.29, 1.82) is 0 Å². The van der Waals surface area contributed by atoms with E-state index in [-0.39, 0.29) is 11.6 Å². The molecule has 150 valence electrons. The Morgan fingerprint density at radius 3 is 2.63 bits per heavy atom. The molecule has 0 aliphatic carbocycles. The van der Waals surface area contributed by atoms with Gasteiger partial charge in [0.05, 0.1) is 5.56 Å². The second kappa shape index (κ2) is 8.93. The normalized spacial score (nSPS) is 21.2. The molecule has 3 rings (SSSR count). The summed E-state index contributed by atoms with van der Waals surface area (Å²) in [6, 6.07) is 5.58. The van der Waals surface area contributed by atoms with Gasteiger partial charge in [-0.2, -0.15) is 0 Å². The average Bonchev–Trinajstić information content (AvgIpc) is 3.16. The highest BCUT2D eigenvalue weighted by Gasteiger charge is 2.35. The summed E-state index contributed by atoms with van der Waals surface area (Å²) in [5.74, 6) is -0.843. The van der Waals surface area contributed by atoms with Gasteiger partial charge in [0, 0.05) is 25.7 Å². The molecule has 0 aromatic heterocycles. The van der Waals surface area contributed by atoms with Crippen LogP contribution in [0, 0.1) is 0 Å². The molecule has 1 N–H and O–H groups in total. The van der Waals surface area contributed by atoms with Crippen LogP contribution in [0.4, 0.5) is 13.2 Å². The van der Waals surface area contributed by atoms with Crippen molar-refractivity contribution in [3.05, 3.63) is 29.8 Å². The zero-order valence-electron chi connectivity index (χ0n) is 15.3. The maximum Gasteiger partial charge on any atom is 0.573 e. The van der Waals surface area contributed by atoms with Crippen molar-refractivity contribution in [1.82, 2.24) is 15.1 Å². The minimum absolute atomic E-state index is 0.0127. The van der Waals surface area contributed by atoms with Gasteiger partial charge in [-0.3, -0.25) is 4.79 Å². The second-order valence-electron chi connectivity index (χ2n) is 7.09. The number of nitrogens with one attached hydrogen (secondary N) is 1. The SMILES string of the molecule is O=C(c1ccccc1OC(F)(F)F)N(CCN1CCCCC1)C1CCNC1. The zero-order chi connectivity index (χ0) is 19.3. The summed E-state index contributed by atoms with van der Waals surface area (Å²) in [4.78, 5) is 17.2. The first-order valence-corrected chi connectivity index (χ1v) is 9.53. The fourth-order valence-electron chi connectivity index (χ4n) is 3.80. The van der Waals surface area contributed by atoms with Gasteiger partial charge in [-0.15, -0.1) is 13.2 Å². The van der Waals surface area contributed by atoms with Crippen LogP contribution in [0.15, 0.2) is 24.3 Å². The molecule has 0 bridgehead atoms. The van der Waals surface area contributed by atoms with E-state index in [1.807, 2.05) is 0 Å². The molecular weight excluding hydrogens is 359 g/mol. The van der Waals surface area contributed by atoms with Gasteiger partial charge < -0.3 is 19.9 Å². The van der Waals surface area contributed by atoms with Crippen molar-refractivity contribution in [2.24, 2.45) is 0 Å². The number of alkyl halides is 3. The monoisotopic (exact) mass is 385 g/mol. The minimum atomic E-state index is -4.83. The van der Waals surface area contributed by atoms with Crippen molar-refractivity contribution in [2.45, 2.75) is 38.1 Å². The number of hydrogen-bond donors (Lipinski definition) is 1. The van der Waals surface area contributed by atoms with Crippen LogP contribution in [0.2, 0.25) is 0 Å². The molecular formula is C19H26F3N3O2. The van der Waals surface area contributed by atoms with Gasteiger partial charge in [-0.25, -0.2) is 0 Å². The Morgan fingerprint density at radius 1 is 1.22 bits per heavy atom. The smallest absolute Gasteiger partial charge is 0.405 e. The highest BCUT2D eigenvalue weighted by molar-refractivity contribution is 5.97. The largest absolute Gasteiger partial charge is 0.573 e. The van der Waals surface area contributed by atoms with Crippen LogP contribution in [-0.4, -0.2) is 67.4 Å². The summed E-state index contributed by atoms with van der Waals surface area (Å²) >= 11 is 0. The number of piperidine rings is 1. The molecule has 5 nitrogen and oxygen atoms in total. The van der Waals surface area contributed by atoms with E-state index in [0.717, 1.165) is 45.4 Å². The zero-order valence-corrected chi connectivity index (χ0v) is 15.3. The summed E-state index contributed by atoms with van der Waals surface area (Å²) in [6.07, 6.45) is -0.492. The van der Waals surface area contributed by atoms with Crippen molar-refractivity contribution < 1.29 is 22.7 Å². The molecule has 1 aromatic rings. The maximum atomic E-state index is 13.1. The van der Waals surface area contributed by atoms with Crippen LogP contribution in [0.25, 0.3) is 0 Å². The highest BCUT2D eigenvalue weighted by atomic mass is 19.4. The van der Waals surface area contributed by atoms with E-state index < -0.39 is 18.0 Å². The summed E-state index contributed by atoms with van der Waals surface area (Å²) in [5.41, 5.74) is -0.0413. The summed E-state index contributed by atoms with van der Waals surface area (Å²) < 4.78 is 42.2. The topological polar surface area (TPSA) is 44.8 Å². The molecule has 1 aromatic carbocycles. The summed E-state index contributed by atoms with van der Waals surface area (Å²) in [7, 11) is 0. The molecule has 1 amide bonds. The third-order valence-electron chi connectivity index (χ3n) is 5.18. The first-order valence-electron chi connectivity index (χ1n) is 9.53. The number of hydrogen-bond acceptors (Lipinski definition) is 4. The van der Waals surface area contributed by atoms with E-state index in [2.05, 4.69) is 15.0 Å². The Labute approximate surface area is 157 Å². The number of benzene rings is 1. The number of nitrogens with zero attached hydrogens (tertiary/aromatic N) is 2. The number of ether oxygens (including phenoxy) is 1. The molecule has 2 saturated heterocycles. The van der Waals surface area contributed by atoms with Crippen molar-refractivity contribution in [3.8, 4) is 5.75 Å². The van der Waals surface area contributed by atoms with E-state index in [1.54, 1.807) is 11.0 Å². The van der Waals surface area contributed by atoms with Gasteiger partial charge in [0.2, 0.25) is 0 Å². The summed E-state index contributed by atoms with van der Waals surface area (Å²) in [6.45, 7) is 4.74. The number of carbonyl (C=O) groups is 1. The van der Waals surface area contributed by atoms with E-state index >= 15 is 0 Å². The molecule has 2 aliphatic heterocycles. The van der Waals surface area contributed by atoms with Crippen LogP contribution in [0.1, 0.15) is 36.0 Å². The number of likely N-dealkylation sites (tertiary alicyclic amines) is 1. The van der Waals surface area contributed by atoms with Gasteiger partial charge in [0.15, 0.2) is 0 Å². The summed E-state index contributed by atoms with van der Waals surface area (Å²) in [5, 5.41) is 3.23. The van der Waals surface area contributed by atoms with Gasteiger partial charge in [-0.05, 0) is 51.0 Å². The van der Waals surface area contributed by atoms with E-state index in [0.29, 0.717) is 13.1 Å². The number of para-hydroxylation sites is 1. The van der Waals surface area contributed by atoms with E-state index in [4.69, 9.17) is 0 Å². The highest BCUT2D eigenvalue weighted by Crippen LogP contribution is 2.28. The fourth-order valence-corrected chi connectivity index (χ4v) is 3.80. The number of rotatable bonds is 6. The predicted octanol–water partition coefficient (Wildman–Crippen LogP) is 2.88. The molecule has 2 aliphatic rings. The molecule has 8 heteroatoms. The quantitative estimate of drug-likeness (QED) is 0.818. The molecule has 1 unspecified atom stereocenters. The molecule has 0 spiro atoms. The van der Waals surface area contributed by atoms with E-state index in [1.165, 1.54) is 24.6 Å². The lowest BCUT2D eigenvalue weighted by molar-refractivity contribution is -0.274. The molecule has 2 fully saturated rings. The Hall–Kier alpha value is -1.80. The lowest BCUT2D eigenvalue weighted by Gasteiger charge is -2.33. The molecule has 0 radical (unpaired) electrons. The molecule has 27 heavy (non-hydrogen) atoms. The standard InChI is InChI=1S/C19H26F3N3O2/c20-19(21,22)27-17-7-3-2-6-16(17)18(26)25(15-8-9-23-14-15)13-12-24-10-4-1-5-11-24/h2-3,6-7,15,23H,1,4-5,8-14H2. The van der Waals surface area contributed by atoms with Gasteiger partial charge in [0.1, 0.15) is 5.75 Å². The first kappa shape index (κ1) is 19.9. The third-order valence-corrected chi connectivity index (χ3v) is 5.18. The van der Waals surface area contributed by atoms with E-state index in [9.17, 15) is 18.0 Å². The lowest BCUT2D eigenvalue weighted by atomic mass is 10.1. The Morgan fingerprint density at radius 2 is 1.96 bits per heavy atom. The third kappa shape index (κ3) is 5.59. The Kier molecular flexibility index (Phi) is 6.59. The second-order valence-corrected chi connectivity index (χ2v) is 7.09. The van der Waals surface area contributed by atoms with Gasteiger partial charge in [0.25, 0.3) is 5.91 Å². The van der Waals surface area contributed by atoms with Crippen molar-refractivity contribution in [3.63, 3.8) is 0 Å². The van der Waals surface area contributed by atoms with Gasteiger partial charge >= 0.3 is 6.36 Å².